The van der Waals surface area contributed by atoms with Gasteiger partial charge in [-0.15, -0.1) is 0 Å². The van der Waals surface area contributed by atoms with E-state index in [4.69, 9.17) is 4.74 Å². The van der Waals surface area contributed by atoms with Crippen LogP contribution in [-0.4, -0.2) is 23.1 Å². The minimum atomic E-state index is -0.523. The predicted octanol–water partition coefficient (Wildman–Crippen LogP) is 3.12. The third-order valence-corrected chi connectivity index (χ3v) is 3.22. The summed E-state index contributed by atoms with van der Waals surface area (Å²) in [5.41, 5.74) is 1.71. The molecule has 0 fully saturated rings. The highest BCUT2D eigenvalue weighted by molar-refractivity contribution is 5.68. The third kappa shape index (κ3) is 3.51. The Morgan fingerprint density at radius 1 is 1.35 bits per heavy atom. The number of carbonyl (C=O) groups is 1. The number of hydrogen-bond acceptors (Lipinski definition) is 3. The summed E-state index contributed by atoms with van der Waals surface area (Å²) in [5, 5.41) is 9.24. The standard InChI is InChI=1S/C16H20N2O2/c1-16(2,3)20-15(19)18-10-12(9-17)8-13-6-4-5-7-14(13)11-18/h4-7,12H,8,10-11H2,1-3H3. The molecule has 0 saturated carbocycles. The van der Waals surface area contributed by atoms with E-state index in [1.165, 1.54) is 0 Å². The first-order valence-corrected chi connectivity index (χ1v) is 6.83. The van der Waals surface area contributed by atoms with Gasteiger partial charge in [-0.25, -0.2) is 4.79 Å². The zero-order chi connectivity index (χ0) is 14.8. The van der Waals surface area contributed by atoms with Crippen molar-refractivity contribution in [1.29, 1.82) is 5.26 Å². The summed E-state index contributed by atoms with van der Waals surface area (Å²) in [6.07, 6.45) is 0.334. The Labute approximate surface area is 120 Å². The van der Waals surface area contributed by atoms with E-state index in [1.54, 1.807) is 4.90 Å². The van der Waals surface area contributed by atoms with Gasteiger partial charge in [0.05, 0.1) is 12.0 Å². The molecule has 0 bridgehead atoms. The van der Waals surface area contributed by atoms with Gasteiger partial charge in [-0.1, -0.05) is 24.3 Å². The van der Waals surface area contributed by atoms with Gasteiger partial charge in [-0.2, -0.15) is 5.26 Å². The molecule has 4 nitrogen and oxygen atoms in total. The zero-order valence-corrected chi connectivity index (χ0v) is 12.2. The molecule has 0 radical (unpaired) electrons. The molecular weight excluding hydrogens is 252 g/mol. The second-order valence-electron chi connectivity index (χ2n) is 6.16. The number of fused-ring (bicyclic) bond motifs is 1. The van der Waals surface area contributed by atoms with Crippen LogP contribution in [0.3, 0.4) is 0 Å². The maximum Gasteiger partial charge on any atom is 0.410 e. The smallest absolute Gasteiger partial charge is 0.410 e. The number of benzene rings is 1. The lowest BCUT2D eigenvalue weighted by molar-refractivity contribution is 0.0222. The van der Waals surface area contributed by atoms with Crippen LogP contribution in [0.15, 0.2) is 24.3 Å². The van der Waals surface area contributed by atoms with Crippen molar-refractivity contribution in [3.63, 3.8) is 0 Å². The second-order valence-corrected chi connectivity index (χ2v) is 6.16. The van der Waals surface area contributed by atoms with Crippen molar-refractivity contribution in [2.45, 2.75) is 39.3 Å². The summed E-state index contributed by atoms with van der Waals surface area (Å²) in [6, 6.07) is 10.2. The molecule has 4 heteroatoms. The van der Waals surface area contributed by atoms with Crippen molar-refractivity contribution in [3.05, 3.63) is 35.4 Å². The van der Waals surface area contributed by atoms with Crippen molar-refractivity contribution in [2.24, 2.45) is 5.92 Å². The quantitative estimate of drug-likeness (QED) is 0.729. The van der Waals surface area contributed by atoms with Gasteiger partial charge in [0.2, 0.25) is 0 Å². The number of nitriles is 1. The summed E-state index contributed by atoms with van der Waals surface area (Å²) >= 11 is 0. The Morgan fingerprint density at radius 3 is 2.60 bits per heavy atom. The highest BCUT2D eigenvalue weighted by Crippen LogP contribution is 2.23. The molecule has 1 heterocycles. The Hall–Kier alpha value is -2.02. The Balaban J connectivity index is 2.23. The van der Waals surface area contributed by atoms with Gasteiger partial charge >= 0.3 is 6.09 Å². The molecule has 0 aromatic heterocycles. The average Bonchev–Trinajstić information content (AvgIpc) is 2.55. The van der Waals surface area contributed by atoms with Crippen LogP contribution < -0.4 is 0 Å². The van der Waals surface area contributed by atoms with Gasteiger partial charge in [-0.3, -0.25) is 0 Å². The minimum Gasteiger partial charge on any atom is -0.444 e. The first-order valence-electron chi connectivity index (χ1n) is 6.83. The summed E-state index contributed by atoms with van der Waals surface area (Å²) in [6.45, 7) is 6.46. The van der Waals surface area contributed by atoms with Crippen LogP contribution in [0, 0.1) is 17.2 Å². The Morgan fingerprint density at radius 2 is 2.00 bits per heavy atom. The van der Waals surface area contributed by atoms with Gasteiger partial charge in [0.25, 0.3) is 0 Å². The number of nitrogens with zero attached hydrogens (tertiary/aromatic N) is 2. The van der Waals surface area contributed by atoms with Crippen LogP contribution in [0.5, 0.6) is 0 Å². The van der Waals surface area contributed by atoms with Gasteiger partial charge in [-0.05, 0) is 38.3 Å². The predicted molar refractivity (Wildman–Crippen MR) is 75.9 cm³/mol. The number of hydrogen-bond donors (Lipinski definition) is 0. The van der Waals surface area contributed by atoms with Crippen LogP contribution in [0.25, 0.3) is 0 Å². The van der Waals surface area contributed by atoms with Crippen LogP contribution in [0.2, 0.25) is 0 Å². The van der Waals surface area contributed by atoms with E-state index in [1.807, 2.05) is 45.0 Å². The molecule has 106 valence electrons. The molecule has 1 unspecified atom stereocenters. The van der Waals surface area contributed by atoms with Gasteiger partial charge in [0, 0.05) is 13.1 Å². The lowest BCUT2D eigenvalue weighted by atomic mass is 9.99. The monoisotopic (exact) mass is 272 g/mol. The fraction of sp³-hybridized carbons (Fsp3) is 0.500. The third-order valence-electron chi connectivity index (χ3n) is 3.22. The molecule has 2 rings (SSSR count). The lowest BCUT2D eigenvalue weighted by Crippen LogP contribution is -2.38. The SMILES string of the molecule is CC(C)(C)OC(=O)N1Cc2ccccc2CC(C#N)C1. The van der Waals surface area contributed by atoms with E-state index in [-0.39, 0.29) is 12.0 Å². The fourth-order valence-electron chi connectivity index (χ4n) is 2.33. The van der Waals surface area contributed by atoms with E-state index in [2.05, 4.69) is 6.07 Å². The molecule has 1 aliphatic rings. The molecule has 1 aromatic carbocycles. The van der Waals surface area contributed by atoms with E-state index >= 15 is 0 Å². The van der Waals surface area contributed by atoms with Crippen molar-refractivity contribution < 1.29 is 9.53 Å². The first kappa shape index (κ1) is 14.4. The van der Waals surface area contributed by atoms with Crippen molar-refractivity contribution in [3.8, 4) is 6.07 Å². The lowest BCUT2D eigenvalue weighted by Gasteiger charge is -2.27. The highest BCUT2D eigenvalue weighted by atomic mass is 16.6. The average molecular weight is 272 g/mol. The number of amides is 1. The van der Waals surface area contributed by atoms with Crippen molar-refractivity contribution in [1.82, 2.24) is 4.90 Å². The maximum atomic E-state index is 12.2. The fourth-order valence-corrected chi connectivity index (χ4v) is 2.33. The summed E-state index contributed by atoms with van der Waals surface area (Å²) in [5.74, 6) is -0.189. The van der Waals surface area contributed by atoms with Crippen molar-refractivity contribution >= 4 is 6.09 Å². The molecule has 0 aliphatic carbocycles. The van der Waals surface area contributed by atoms with E-state index < -0.39 is 5.60 Å². The highest BCUT2D eigenvalue weighted by Gasteiger charge is 2.28. The molecule has 1 atom stereocenters. The molecule has 0 spiro atoms. The van der Waals surface area contributed by atoms with Gasteiger partial charge in [0.1, 0.15) is 5.60 Å². The number of carbonyl (C=O) groups excluding carboxylic acids is 1. The normalized spacial score (nSPS) is 18.7. The van der Waals surface area contributed by atoms with Crippen LogP contribution >= 0.6 is 0 Å². The van der Waals surface area contributed by atoms with E-state index in [9.17, 15) is 10.1 Å². The molecule has 1 aliphatic heterocycles. The first-order chi connectivity index (χ1) is 9.39. The number of ether oxygens (including phenoxy) is 1. The zero-order valence-electron chi connectivity index (χ0n) is 12.2. The molecular formula is C16H20N2O2. The molecule has 0 saturated heterocycles. The maximum absolute atomic E-state index is 12.2. The van der Waals surface area contributed by atoms with Gasteiger partial charge < -0.3 is 9.64 Å². The summed E-state index contributed by atoms with van der Waals surface area (Å²) in [4.78, 5) is 13.9. The van der Waals surface area contributed by atoms with Crippen LogP contribution in [0.4, 0.5) is 4.79 Å². The summed E-state index contributed by atoms with van der Waals surface area (Å²) < 4.78 is 5.42. The van der Waals surface area contributed by atoms with Crippen molar-refractivity contribution in [2.75, 3.05) is 6.54 Å². The van der Waals surface area contributed by atoms with Crippen LogP contribution in [0.1, 0.15) is 31.9 Å². The topological polar surface area (TPSA) is 53.3 Å². The second kappa shape index (κ2) is 5.54. The van der Waals surface area contributed by atoms with Gasteiger partial charge in [0.15, 0.2) is 0 Å². The molecule has 0 N–H and O–H groups in total. The van der Waals surface area contributed by atoms with E-state index in [0.29, 0.717) is 19.5 Å². The molecule has 1 aromatic rings. The molecule has 20 heavy (non-hydrogen) atoms. The van der Waals surface area contributed by atoms with Crippen LogP contribution in [-0.2, 0) is 17.7 Å². The minimum absolute atomic E-state index is 0.189. The Kier molecular flexibility index (Phi) is 3.99. The molecule has 1 amide bonds. The Bertz CT molecular complexity index is 540. The number of rotatable bonds is 0. The largest absolute Gasteiger partial charge is 0.444 e. The van der Waals surface area contributed by atoms with E-state index in [0.717, 1.165) is 11.1 Å². The summed E-state index contributed by atoms with van der Waals surface area (Å²) in [7, 11) is 0.